The lowest BCUT2D eigenvalue weighted by Gasteiger charge is -2.08. The largest absolute Gasteiger partial charge is 0.462 e. The van der Waals surface area contributed by atoms with E-state index in [4.69, 9.17) is 4.74 Å². The number of ether oxygens (including phenoxy) is 1. The summed E-state index contributed by atoms with van der Waals surface area (Å²) in [4.78, 5) is 28.4. The van der Waals surface area contributed by atoms with E-state index in [-0.39, 0.29) is 23.6 Å². The van der Waals surface area contributed by atoms with Gasteiger partial charge in [-0.2, -0.15) is 0 Å². The monoisotopic (exact) mass is 263 g/mol. The molecule has 0 saturated carbocycles. The van der Waals surface area contributed by atoms with Crippen LogP contribution in [0.15, 0.2) is 11.0 Å². The van der Waals surface area contributed by atoms with Crippen LogP contribution in [-0.4, -0.2) is 27.2 Å². The summed E-state index contributed by atoms with van der Waals surface area (Å²) >= 11 is 0. The number of fused-ring (bicyclic) bond motifs is 1. The molecule has 0 aliphatic heterocycles. The lowest BCUT2D eigenvalue weighted by atomic mass is 10.0. The fourth-order valence-electron chi connectivity index (χ4n) is 2.16. The predicted molar refractivity (Wildman–Crippen MR) is 70.6 cm³/mol. The molecular weight excluding hydrogens is 246 g/mol. The maximum Gasteiger partial charge on any atom is 0.343 e. The molecule has 6 heteroatoms. The normalized spacial score (nSPS) is 11.2. The molecule has 0 aliphatic carbocycles. The van der Waals surface area contributed by atoms with Crippen molar-refractivity contribution in [1.82, 2.24) is 14.6 Å². The molecule has 102 valence electrons. The Balaban J connectivity index is 2.70. The van der Waals surface area contributed by atoms with Crippen molar-refractivity contribution < 1.29 is 9.53 Å². The van der Waals surface area contributed by atoms with Crippen LogP contribution in [0.3, 0.4) is 0 Å². The molecule has 6 nitrogen and oxygen atoms in total. The summed E-state index contributed by atoms with van der Waals surface area (Å²) in [6.07, 6.45) is 1.45. The van der Waals surface area contributed by atoms with Crippen molar-refractivity contribution in [1.29, 1.82) is 0 Å². The number of rotatable bonds is 3. The summed E-state index contributed by atoms with van der Waals surface area (Å²) < 4.78 is 6.22. The van der Waals surface area contributed by atoms with Gasteiger partial charge in [0.05, 0.1) is 6.61 Å². The first-order chi connectivity index (χ1) is 8.97. The molecule has 0 fully saturated rings. The molecule has 0 aromatic carbocycles. The Hall–Kier alpha value is -2.11. The first-order valence-corrected chi connectivity index (χ1v) is 6.25. The zero-order valence-corrected chi connectivity index (χ0v) is 11.5. The van der Waals surface area contributed by atoms with Gasteiger partial charge >= 0.3 is 5.97 Å². The number of aromatic amines is 1. The standard InChI is InChI=1S/C13H17N3O3/c1-5-19-13(18)9-6-14-16-11(9)15-8(4)10(7(2)3)12(16)17/h6-7,14H,5H2,1-4H3. The number of esters is 1. The highest BCUT2D eigenvalue weighted by Gasteiger charge is 2.19. The van der Waals surface area contributed by atoms with Crippen molar-refractivity contribution in [3.63, 3.8) is 0 Å². The molecule has 2 heterocycles. The van der Waals surface area contributed by atoms with Crippen molar-refractivity contribution in [3.05, 3.63) is 33.4 Å². The number of nitrogens with zero attached hydrogens (tertiary/aromatic N) is 2. The Labute approximate surface area is 110 Å². The lowest BCUT2D eigenvalue weighted by molar-refractivity contribution is 0.0528. The second-order valence-electron chi connectivity index (χ2n) is 4.64. The molecule has 2 aromatic rings. The van der Waals surface area contributed by atoms with Crippen LogP contribution < -0.4 is 5.56 Å². The third-order valence-corrected chi connectivity index (χ3v) is 2.96. The summed E-state index contributed by atoms with van der Waals surface area (Å²) in [5, 5.41) is 2.76. The first kappa shape index (κ1) is 13.3. The fraction of sp³-hybridized carbons (Fsp3) is 0.462. The molecule has 2 rings (SSSR count). The van der Waals surface area contributed by atoms with Crippen molar-refractivity contribution in [2.75, 3.05) is 6.61 Å². The van der Waals surface area contributed by atoms with Gasteiger partial charge in [-0.15, -0.1) is 0 Å². The van der Waals surface area contributed by atoms with Gasteiger partial charge in [0.2, 0.25) is 0 Å². The number of hydrogen-bond acceptors (Lipinski definition) is 4. The van der Waals surface area contributed by atoms with E-state index in [9.17, 15) is 9.59 Å². The minimum Gasteiger partial charge on any atom is -0.462 e. The highest BCUT2D eigenvalue weighted by Crippen LogP contribution is 2.16. The summed E-state index contributed by atoms with van der Waals surface area (Å²) in [5.74, 6) is -0.406. The van der Waals surface area contributed by atoms with Crippen molar-refractivity contribution in [3.8, 4) is 0 Å². The number of nitrogens with one attached hydrogen (secondary N) is 1. The molecule has 0 bridgehead atoms. The number of carbonyl (C=O) groups excluding carboxylic acids is 1. The molecule has 0 saturated heterocycles. The second-order valence-corrected chi connectivity index (χ2v) is 4.64. The third-order valence-electron chi connectivity index (χ3n) is 2.96. The van der Waals surface area contributed by atoms with Gasteiger partial charge < -0.3 is 4.74 Å². The maximum absolute atomic E-state index is 12.3. The number of H-pyrrole nitrogens is 1. The van der Waals surface area contributed by atoms with E-state index < -0.39 is 5.97 Å². The molecule has 0 spiro atoms. The van der Waals surface area contributed by atoms with Gasteiger partial charge in [0.15, 0.2) is 5.65 Å². The Kier molecular flexibility index (Phi) is 3.42. The van der Waals surface area contributed by atoms with Crippen LogP contribution >= 0.6 is 0 Å². The van der Waals surface area contributed by atoms with E-state index >= 15 is 0 Å². The van der Waals surface area contributed by atoms with E-state index in [1.54, 1.807) is 13.8 Å². The summed E-state index contributed by atoms with van der Waals surface area (Å²) in [6, 6.07) is 0. The molecular formula is C13H17N3O3. The average Bonchev–Trinajstić information content (AvgIpc) is 2.72. The Morgan fingerprint density at radius 3 is 2.79 bits per heavy atom. The van der Waals surface area contributed by atoms with Gasteiger partial charge in [0.25, 0.3) is 5.56 Å². The lowest BCUT2D eigenvalue weighted by Crippen LogP contribution is -2.23. The van der Waals surface area contributed by atoms with Crippen LogP contribution in [0.5, 0.6) is 0 Å². The van der Waals surface area contributed by atoms with Crippen molar-refractivity contribution in [2.45, 2.75) is 33.6 Å². The Morgan fingerprint density at radius 1 is 1.53 bits per heavy atom. The summed E-state index contributed by atoms with van der Waals surface area (Å²) in [7, 11) is 0. The minimum atomic E-state index is -0.482. The third kappa shape index (κ3) is 2.14. The molecule has 0 radical (unpaired) electrons. The van der Waals surface area contributed by atoms with Crippen LogP contribution in [0.1, 0.15) is 48.3 Å². The van der Waals surface area contributed by atoms with Gasteiger partial charge in [-0.3, -0.25) is 9.89 Å². The van der Waals surface area contributed by atoms with Gasteiger partial charge in [-0.1, -0.05) is 13.8 Å². The molecule has 0 aliphatic rings. The highest BCUT2D eigenvalue weighted by molar-refractivity contribution is 5.95. The molecule has 0 amide bonds. The van der Waals surface area contributed by atoms with E-state index in [0.717, 1.165) is 0 Å². The van der Waals surface area contributed by atoms with Gasteiger partial charge in [-0.05, 0) is 19.8 Å². The highest BCUT2D eigenvalue weighted by atomic mass is 16.5. The van der Waals surface area contributed by atoms with E-state index in [1.165, 1.54) is 10.7 Å². The second kappa shape index (κ2) is 4.87. The predicted octanol–water partition coefficient (Wildman–Crippen LogP) is 1.63. The van der Waals surface area contributed by atoms with E-state index in [1.807, 2.05) is 13.8 Å². The van der Waals surface area contributed by atoms with E-state index in [0.29, 0.717) is 16.9 Å². The molecule has 0 atom stereocenters. The maximum atomic E-state index is 12.3. The number of carbonyl (C=O) groups is 1. The molecule has 0 unspecified atom stereocenters. The van der Waals surface area contributed by atoms with Crippen LogP contribution in [0, 0.1) is 6.92 Å². The van der Waals surface area contributed by atoms with Crippen LogP contribution in [0.25, 0.3) is 5.65 Å². The van der Waals surface area contributed by atoms with Gasteiger partial charge in [0, 0.05) is 17.5 Å². The van der Waals surface area contributed by atoms with Crippen LogP contribution in [0.2, 0.25) is 0 Å². The Morgan fingerprint density at radius 2 is 2.21 bits per heavy atom. The quantitative estimate of drug-likeness (QED) is 0.854. The van der Waals surface area contributed by atoms with Gasteiger partial charge in [0.1, 0.15) is 5.56 Å². The number of hydrogen-bond donors (Lipinski definition) is 1. The van der Waals surface area contributed by atoms with Crippen molar-refractivity contribution >= 4 is 11.6 Å². The molecule has 1 N–H and O–H groups in total. The topological polar surface area (TPSA) is 76.5 Å². The smallest absolute Gasteiger partial charge is 0.343 e. The van der Waals surface area contributed by atoms with Crippen molar-refractivity contribution in [2.24, 2.45) is 0 Å². The average molecular weight is 263 g/mol. The Bertz CT molecular complexity index is 682. The number of aromatic nitrogens is 3. The first-order valence-electron chi connectivity index (χ1n) is 6.25. The minimum absolute atomic E-state index is 0.0752. The SMILES string of the molecule is CCOC(=O)c1c[nH]n2c(=O)c(C(C)C)c(C)nc12. The van der Waals surface area contributed by atoms with Crippen LogP contribution in [-0.2, 0) is 4.74 Å². The number of aryl methyl sites for hydroxylation is 1. The fourth-order valence-corrected chi connectivity index (χ4v) is 2.16. The molecule has 19 heavy (non-hydrogen) atoms. The molecule has 2 aromatic heterocycles. The van der Waals surface area contributed by atoms with Crippen LogP contribution in [0.4, 0.5) is 0 Å². The zero-order chi connectivity index (χ0) is 14.2. The summed E-state index contributed by atoms with van der Waals surface area (Å²) in [6.45, 7) is 7.66. The summed E-state index contributed by atoms with van der Waals surface area (Å²) in [5.41, 5.74) is 1.70. The zero-order valence-electron chi connectivity index (χ0n) is 11.5. The van der Waals surface area contributed by atoms with E-state index in [2.05, 4.69) is 10.1 Å². The van der Waals surface area contributed by atoms with Gasteiger partial charge in [-0.25, -0.2) is 14.3 Å².